The molecule has 0 amide bonds. The van der Waals surface area contributed by atoms with E-state index < -0.39 is 82.6 Å². The van der Waals surface area contributed by atoms with Gasteiger partial charge in [0.2, 0.25) is 10.0 Å². The normalized spacial score (nSPS) is 30.2. The molecule has 19 heteroatoms. The van der Waals surface area contributed by atoms with Gasteiger partial charge in [0, 0.05) is 18.2 Å². The summed E-state index contributed by atoms with van der Waals surface area (Å²) in [7, 11) is -4.28. The lowest BCUT2D eigenvalue weighted by Gasteiger charge is -2.23. The largest absolute Gasteiger partial charge is 0.394 e. The molecule has 2 saturated heterocycles. The smallest absolute Gasteiger partial charge is 0.330 e. The van der Waals surface area contributed by atoms with Crippen molar-refractivity contribution < 1.29 is 38.3 Å². The van der Waals surface area contributed by atoms with Crippen LogP contribution in [-0.2, 0) is 19.5 Å². The van der Waals surface area contributed by atoms with Crippen molar-refractivity contribution in [2.75, 3.05) is 18.1 Å². The van der Waals surface area contributed by atoms with Crippen molar-refractivity contribution in [2.45, 2.75) is 49.5 Å². The number of H-pyrrole nitrogens is 1. The molecule has 5 heterocycles. The predicted molar refractivity (Wildman–Crippen MR) is 129 cm³/mol. The maximum Gasteiger partial charge on any atom is 0.330 e. The quantitative estimate of drug-likeness (QED) is 0.126. The lowest BCUT2D eigenvalue weighted by molar-refractivity contribution is -0.0865. The van der Waals surface area contributed by atoms with Crippen LogP contribution in [0.4, 0.5) is 5.82 Å². The number of nitrogens with zero attached hydrogens (tertiary/aromatic N) is 5. The number of nitrogens with two attached hydrogens (primary N) is 1. The molecular formula is C20H26N8O10S. The van der Waals surface area contributed by atoms with E-state index in [1.807, 2.05) is 4.72 Å². The first-order chi connectivity index (χ1) is 18.5. The minimum Gasteiger partial charge on any atom is -0.394 e. The molecule has 0 spiro atoms. The van der Waals surface area contributed by atoms with Crippen molar-refractivity contribution in [1.82, 2.24) is 33.8 Å². The highest BCUT2D eigenvalue weighted by atomic mass is 32.2. The second kappa shape index (κ2) is 10.4. The van der Waals surface area contributed by atoms with Crippen molar-refractivity contribution in [3.05, 3.63) is 45.8 Å². The minimum absolute atomic E-state index is 0.00375. The number of fused-ring (bicyclic) bond motifs is 1. The van der Waals surface area contributed by atoms with E-state index in [9.17, 15) is 38.4 Å². The summed E-state index contributed by atoms with van der Waals surface area (Å²) in [5.74, 6) is -1.36. The lowest BCUT2D eigenvalue weighted by atomic mass is 10.0. The van der Waals surface area contributed by atoms with E-state index in [0.717, 1.165) is 10.6 Å². The number of imidazole rings is 1. The third-order valence-electron chi connectivity index (χ3n) is 6.68. The Morgan fingerprint density at radius 3 is 2.67 bits per heavy atom. The van der Waals surface area contributed by atoms with Gasteiger partial charge in [-0.25, -0.2) is 28.2 Å². The van der Waals surface area contributed by atoms with Gasteiger partial charge in [-0.15, -0.1) is 0 Å². The predicted octanol–water partition coefficient (Wildman–Crippen LogP) is -4.29. The molecule has 0 radical (unpaired) electrons. The summed E-state index contributed by atoms with van der Waals surface area (Å²) >= 11 is 0. The van der Waals surface area contributed by atoms with Gasteiger partial charge < -0.3 is 35.6 Å². The molecule has 8 N–H and O–H groups in total. The van der Waals surface area contributed by atoms with Crippen molar-refractivity contribution in [3.8, 4) is 0 Å². The molecule has 39 heavy (non-hydrogen) atoms. The number of sulfonamides is 1. The minimum atomic E-state index is -4.28. The average Bonchev–Trinajstić information content (AvgIpc) is 3.55. The maximum absolute atomic E-state index is 12.9. The molecule has 2 fully saturated rings. The van der Waals surface area contributed by atoms with E-state index >= 15 is 0 Å². The van der Waals surface area contributed by atoms with Gasteiger partial charge in [-0.3, -0.25) is 18.9 Å². The van der Waals surface area contributed by atoms with Crippen molar-refractivity contribution in [2.24, 2.45) is 5.92 Å². The number of nitrogen functional groups attached to an aromatic ring is 1. The molecule has 2 aliphatic heterocycles. The Bertz CT molecular complexity index is 1570. The Morgan fingerprint density at radius 1 is 1.18 bits per heavy atom. The van der Waals surface area contributed by atoms with Gasteiger partial charge in [0.1, 0.15) is 42.6 Å². The molecule has 5 rings (SSSR count). The molecule has 3 aromatic heterocycles. The van der Waals surface area contributed by atoms with Crippen LogP contribution in [0.1, 0.15) is 18.9 Å². The Kier molecular flexibility index (Phi) is 7.24. The fourth-order valence-electron chi connectivity index (χ4n) is 4.79. The Hall–Kier alpha value is -3.30. The summed E-state index contributed by atoms with van der Waals surface area (Å²) in [4.78, 5) is 37.4. The highest BCUT2D eigenvalue weighted by molar-refractivity contribution is 7.89. The topological polar surface area (TPSA) is 270 Å². The summed E-state index contributed by atoms with van der Waals surface area (Å²) in [6, 6.07) is 1.10. The van der Waals surface area contributed by atoms with E-state index in [-0.39, 0.29) is 23.4 Å². The molecule has 0 aromatic carbocycles. The molecule has 8 atom stereocenters. The van der Waals surface area contributed by atoms with Crippen LogP contribution in [0.15, 0.2) is 34.5 Å². The molecule has 3 aromatic rings. The van der Waals surface area contributed by atoms with Crippen LogP contribution >= 0.6 is 0 Å². The number of rotatable bonds is 8. The van der Waals surface area contributed by atoms with Gasteiger partial charge in [-0.2, -0.15) is 4.72 Å². The summed E-state index contributed by atoms with van der Waals surface area (Å²) in [6.45, 7) is -0.553. The number of nitrogens with one attached hydrogen (secondary N) is 2. The van der Waals surface area contributed by atoms with Gasteiger partial charge in [-0.1, -0.05) is 0 Å². The Labute approximate surface area is 218 Å². The van der Waals surface area contributed by atoms with Gasteiger partial charge in [0.05, 0.1) is 24.8 Å². The standard InChI is InChI=1S/C20H26N8O10S/c21-16-12-17(23-6-22-16)28(7-24-12)19-14(32)13(31)15(38-19)18(33)26-39(35,36)5-8-3-11(37-9(8)4-29)27-2-1-10(30)25-20(27)34/h1-2,6-9,11,13-15,18-19,26,29,31-33H,3-5H2,(H2,21,22,23)(H,25,30,34)/t8-,9-,11-,13+,14-,15+,18-,19-/m1/s1. The van der Waals surface area contributed by atoms with Crippen LogP contribution < -0.4 is 21.7 Å². The third-order valence-corrected chi connectivity index (χ3v) is 8.15. The average molecular weight is 571 g/mol. The van der Waals surface area contributed by atoms with Crippen molar-refractivity contribution in [3.63, 3.8) is 0 Å². The zero-order chi connectivity index (χ0) is 28.1. The van der Waals surface area contributed by atoms with Crippen LogP contribution in [-0.4, -0.2) is 101 Å². The zero-order valence-electron chi connectivity index (χ0n) is 20.0. The SMILES string of the molecule is Nc1ncnc2c1ncn2[C@@H]1O[C@H]([C@@H](O)NS(=O)(=O)C[C@H]2C[C@H](n3ccc(=O)[nH]c3=O)O[C@@H]2CO)[C@@H](O)[C@H]1O. The monoisotopic (exact) mass is 570 g/mol. The van der Waals surface area contributed by atoms with Crippen LogP contribution in [0, 0.1) is 5.92 Å². The molecule has 18 nitrogen and oxygen atoms in total. The van der Waals surface area contributed by atoms with Gasteiger partial charge in [0.25, 0.3) is 5.56 Å². The van der Waals surface area contributed by atoms with Crippen LogP contribution in [0.2, 0.25) is 0 Å². The Morgan fingerprint density at radius 2 is 1.95 bits per heavy atom. The first-order valence-corrected chi connectivity index (χ1v) is 13.3. The first-order valence-electron chi connectivity index (χ1n) is 11.7. The number of aliphatic hydroxyl groups excluding tert-OH is 4. The summed E-state index contributed by atoms with van der Waals surface area (Å²) < 4.78 is 41.4. The molecule has 0 saturated carbocycles. The van der Waals surface area contributed by atoms with Crippen LogP contribution in [0.5, 0.6) is 0 Å². The number of anilines is 1. The lowest BCUT2D eigenvalue weighted by Crippen LogP contribution is -2.50. The zero-order valence-corrected chi connectivity index (χ0v) is 20.8. The third kappa shape index (κ3) is 5.17. The van der Waals surface area contributed by atoms with Crippen LogP contribution in [0.25, 0.3) is 11.2 Å². The highest BCUT2D eigenvalue weighted by Crippen LogP contribution is 2.35. The number of hydrogen-bond acceptors (Lipinski definition) is 14. The van der Waals surface area contributed by atoms with Gasteiger partial charge >= 0.3 is 5.69 Å². The van der Waals surface area contributed by atoms with E-state index in [0.29, 0.717) is 0 Å². The van der Waals surface area contributed by atoms with E-state index in [1.54, 1.807) is 0 Å². The molecule has 2 aliphatic rings. The fourth-order valence-corrected chi connectivity index (χ4v) is 6.31. The first kappa shape index (κ1) is 27.3. The number of aromatic amines is 1. The number of aliphatic hydroxyl groups is 4. The summed E-state index contributed by atoms with van der Waals surface area (Å²) in [5.41, 5.74) is 4.78. The second-order valence-corrected chi connectivity index (χ2v) is 11.0. The second-order valence-electron chi connectivity index (χ2n) is 9.22. The number of ether oxygens (including phenoxy) is 2. The number of aromatic nitrogens is 6. The van der Waals surface area contributed by atoms with Crippen molar-refractivity contribution >= 4 is 27.0 Å². The summed E-state index contributed by atoms with van der Waals surface area (Å²) in [6.07, 6.45) is -6.47. The van der Waals surface area contributed by atoms with Gasteiger partial charge in [-0.05, 0) is 6.42 Å². The molecule has 0 aliphatic carbocycles. The van der Waals surface area contributed by atoms with E-state index in [1.165, 1.54) is 23.4 Å². The van der Waals surface area contributed by atoms with Crippen LogP contribution in [0.3, 0.4) is 0 Å². The number of hydrogen-bond donors (Lipinski definition) is 7. The highest BCUT2D eigenvalue weighted by Gasteiger charge is 2.48. The van der Waals surface area contributed by atoms with E-state index in [4.69, 9.17) is 15.2 Å². The van der Waals surface area contributed by atoms with E-state index in [2.05, 4.69) is 19.9 Å². The molecule has 0 bridgehead atoms. The van der Waals surface area contributed by atoms with Crippen molar-refractivity contribution in [1.29, 1.82) is 0 Å². The molecule has 0 unspecified atom stereocenters. The molecular weight excluding hydrogens is 544 g/mol. The summed E-state index contributed by atoms with van der Waals surface area (Å²) in [5, 5.41) is 41.4. The maximum atomic E-state index is 12.9. The Balaban J connectivity index is 1.27. The fraction of sp³-hybridized carbons (Fsp3) is 0.550. The molecule has 212 valence electrons. The van der Waals surface area contributed by atoms with Gasteiger partial charge in [0.15, 0.2) is 17.7 Å².